The molecule has 0 fully saturated rings. The Kier molecular flexibility index (Phi) is 2.52. The van der Waals surface area contributed by atoms with E-state index in [4.69, 9.17) is 6.42 Å². The lowest BCUT2D eigenvalue weighted by molar-refractivity contribution is 0.101. The highest BCUT2D eigenvalue weighted by molar-refractivity contribution is 5.94. The number of Topliss-reactive ketones (excluding diaryl/α,β-unsaturated/α-hetero) is 1. The van der Waals surface area contributed by atoms with Gasteiger partial charge in [0.2, 0.25) is 0 Å². The highest BCUT2D eigenvalue weighted by Crippen LogP contribution is 2.12. The molecule has 0 bridgehead atoms. The van der Waals surface area contributed by atoms with Crippen molar-refractivity contribution in [3.8, 4) is 12.3 Å². The summed E-state index contributed by atoms with van der Waals surface area (Å²) in [7, 11) is 0. The predicted octanol–water partition coefficient (Wildman–Crippen LogP) is 1.65. The Labute approximate surface area is 77.8 Å². The number of aromatic nitrogens is 2. The van der Waals surface area contributed by atoms with E-state index in [2.05, 4.69) is 10.9 Å². The van der Waals surface area contributed by atoms with E-state index in [-0.39, 0.29) is 11.8 Å². The first-order valence-electron chi connectivity index (χ1n) is 4.12. The zero-order chi connectivity index (χ0) is 10.0. The number of hydrogen-bond donors (Lipinski definition) is 0. The number of rotatable bonds is 2. The Bertz CT molecular complexity index is 369. The molecule has 3 nitrogen and oxygen atoms in total. The lowest BCUT2D eigenvalue weighted by Crippen LogP contribution is -2.04. The molecular formula is C10H12N2O. The van der Waals surface area contributed by atoms with Crippen molar-refractivity contribution in [3.63, 3.8) is 0 Å². The summed E-state index contributed by atoms with van der Waals surface area (Å²) in [4.78, 5) is 15.1. The number of carbonyl (C=O) groups is 1. The van der Waals surface area contributed by atoms with Crippen molar-refractivity contribution in [2.45, 2.75) is 26.8 Å². The van der Waals surface area contributed by atoms with Crippen LogP contribution < -0.4 is 0 Å². The summed E-state index contributed by atoms with van der Waals surface area (Å²) >= 11 is 0. The second-order valence-corrected chi connectivity index (χ2v) is 3.14. The number of imidazole rings is 1. The van der Waals surface area contributed by atoms with E-state index in [9.17, 15) is 4.79 Å². The molecule has 1 aromatic heterocycles. The minimum Gasteiger partial charge on any atom is -0.321 e. The van der Waals surface area contributed by atoms with Gasteiger partial charge in [-0.25, -0.2) is 4.98 Å². The standard InChI is InChI=1S/C10H12N2O/c1-5-9-10(8(4)13)11-6-12(9)7(2)3/h1,6-7H,2-4H3. The van der Waals surface area contributed by atoms with Crippen LogP contribution in [-0.4, -0.2) is 15.3 Å². The van der Waals surface area contributed by atoms with Crippen LogP contribution in [0.3, 0.4) is 0 Å². The zero-order valence-corrected chi connectivity index (χ0v) is 8.03. The van der Waals surface area contributed by atoms with Crippen LogP contribution in [0.1, 0.15) is 43.0 Å². The molecule has 0 radical (unpaired) electrons. The van der Waals surface area contributed by atoms with Crippen molar-refractivity contribution >= 4 is 5.78 Å². The monoisotopic (exact) mass is 176 g/mol. The molecule has 0 N–H and O–H groups in total. The minimum atomic E-state index is -0.0904. The van der Waals surface area contributed by atoms with Crippen LogP contribution in [0.5, 0.6) is 0 Å². The van der Waals surface area contributed by atoms with Gasteiger partial charge >= 0.3 is 0 Å². The number of carbonyl (C=O) groups excluding carboxylic acids is 1. The van der Waals surface area contributed by atoms with Crippen LogP contribution in [0.25, 0.3) is 0 Å². The fraction of sp³-hybridized carbons (Fsp3) is 0.400. The van der Waals surface area contributed by atoms with Crippen LogP contribution in [0.15, 0.2) is 6.33 Å². The summed E-state index contributed by atoms with van der Waals surface area (Å²) in [6.07, 6.45) is 6.92. The van der Waals surface area contributed by atoms with Gasteiger partial charge in [-0.2, -0.15) is 0 Å². The van der Waals surface area contributed by atoms with Crippen LogP contribution in [0.4, 0.5) is 0 Å². The first kappa shape index (κ1) is 9.53. The Morgan fingerprint density at radius 1 is 1.69 bits per heavy atom. The van der Waals surface area contributed by atoms with Gasteiger partial charge in [-0.1, -0.05) is 0 Å². The maximum absolute atomic E-state index is 11.1. The first-order chi connectivity index (χ1) is 6.07. The van der Waals surface area contributed by atoms with Gasteiger partial charge in [0.25, 0.3) is 0 Å². The Morgan fingerprint density at radius 2 is 2.31 bits per heavy atom. The summed E-state index contributed by atoms with van der Waals surface area (Å²) in [5.74, 6) is 2.40. The molecule has 0 aromatic carbocycles. The topological polar surface area (TPSA) is 34.9 Å². The second kappa shape index (κ2) is 3.44. The third-order valence-corrected chi connectivity index (χ3v) is 1.82. The molecule has 1 rings (SSSR count). The highest BCUT2D eigenvalue weighted by atomic mass is 16.1. The largest absolute Gasteiger partial charge is 0.321 e. The second-order valence-electron chi connectivity index (χ2n) is 3.14. The van der Waals surface area contributed by atoms with E-state index in [1.165, 1.54) is 6.92 Å². The molecule has 1 heterocycles. The van der Waals surface area contributed by atoms with Crippen LogP contribution in [0, 0.1) is 12.3 Å². The maximum atomic E-state index is 11.1. The minimum absolute atomic E-state index is 0.0904. The van der Waals surface area contributed by atoms with Crippen LogP contribution >= 0.6 is 0 Å². The summed E-state index contributed by atoms with van der Waals surface area (Å²) in [6, 6.07) is 0.228. The van der Waals surface area contributed by atoms with E-state index >= 15 is 0 Å². The quantitative estimate of drug-likeness (QED) is 0.507. The molecule has 0 aliphatic rings. The summed E-state index contributed by atoms with van der Waals surface area (Å²) in [5.41, 5.74) is 0.957. The molecule has 68 valence electrons. The Morgan fingerprint density at radius 3 is 2.69 bits per heavy atom. The molecule has 0 spiro atoms. The molecule has 0 amide bonds. The molecular weight excluding hydrogens is 164 g/mol. The van der Waals surface area contributed by atoms with Crippen molar-refractivity contribution in [2.24, 2.45) is 0 Å². The lowest BCUT2D eigenvalue weighted by atomic mass is 10.2. The molecule has 1 aromatic rings. The fourth-order valence-corrected chi connectivity index (χ4v) is 1.15. The molecule has 0 atom stereocenters. The van der Waals surface area contributed by atoms with Crippen molar-refractivity contribution in [1.29, 1.82) is 0 Å². The Balaban J connectivity index is 3.29. The highest BCUT2D eigenvalue weighted by Gasteiger charge is 2.13. The lowest BCUT2D eigenvalue weighted by Gasteiger charge is -2.07. The van der Waals surface area contributed by atoms with Crippen LogP contribution in [-0.2, 0) is 0 Å². The number of hydrogen-bond acceptors (Lipinski definition) is 2. The van der Waals surface area contributed by atoms with E-state index in [0.29, 0.717) is 11.4 Å². The molecule has 13 heavy (non-hydrogen) atoms. The van der Waals surface area contributed by atoms with Gasteiger partial charge in [0, 0.05) is 13.0 Å². The van der Waals surface area contributed by atoms with Crippen molar-refractivity contribution in [2.75, 3.05) is 0 Å². The average molecular weight is 176 g/mol. The van der Waals surface area contributed by atoms with Gasteiger partial charge < -0.3 is 4.57 Å². The molecule has 0 saturated heterocycles. The first-order valence-corrected chi connectivity index (χ1v) is 4.12. The van der Waals surface area contributed by atoms with E-state index in [0.717, 1.165) is 0 Å². The number of nitrogens with zero attached hydrogens (tertiary/aromatic N) is 2. The third-order valence-electron chi connectivity index (χ3n) is 1.82. The molecule has 0 unspecified atom stereocenters. The average Bonchev–Trinajstić information content (AvgIpc) is 2.46. The zero-order valence-electron chi connectivity index (χ0n) is 8.03. The van der Waals surface area contributed by atoms with E-state index in [1.807, 2.05) is 18.4 Å². The summed E-state index contributed by atoms with van der Waals surface area (Å²) in [5, 5.41) is 0. The third kappa shape index (κ3) is 1.62. The predicted molar refractivity (Wildman–Crippen MR) is 50.6 cm³/mol. The number of ketones is 1. The van der Waals surface area contributed by atoms with Crippen LogP contribution in [0.2, 0.25) is 0 Å². The van der Waals surface area contributed by atoms with E-state index in [1.54, 1.807) is 6.33 Å². The van der Waals surface area contributed by atoms with Gasteiger partial charge in [-0.15, -0.1) is 6.42 Å². The Hall–Kier alpha value is -1.56. The van der Waals surface area contributed by atoms with Gasteiger partial charge in [0.1, 0.15) is 11.4 Å². The summed E-state index contributed by atoms with van der Waals surface area (Å²) < 4.78 is 1.82. The smallest absolute Gasteiger partial charge is 0.181 e. The van der Waals surface area contributed by atoms with Gasteiger partial charge in [-0.05, 0) is 19.8 Å². The summed E-state index contributed by atoms with van der Waals surface area (Å²) in [6.45, 7) is 5.45. The van der Waals surface area contributed by atoms with Gasteiger partial charge in [0.15, 0.2) is 5.78 Å². The molecule has 0 aliphatic heterocycles. The van der Waals surface area contributed by atoms with E-state index < -0.39 is 0 Å². The number of terminal acetylenes is 1. The SMILES string of the molecule is C#Cc1c(C(C)=O)ncn1C(C)C. The maximum Gasteiger partial charge on any atom is 0.181 e. The molecule has 0 aliphatic carbocycles. The van der Waals surface area contributed by atoms with Crippen molar-refractivity contribution in [1.82, 2.24) is 9.55 Å². The fourth-order valence-electron chi connectivity index (χ4n) is 1.15. The normalized spacial score (nSPS) is 10.1. The molecule has 3 heteroatoms. The van der Waals surface area contributed by atoms with Gasteiger partial charge in [-0.3, -0.25) is 4.79 Å². The van der Waals surface area contributed by atoms with Crippen molar-refractivity contribution in [3.05, 3.63) is 17.7 Å². The van der Waals surface area contributed by atoms with Gasteiger partial charge in [0.05, 0.1) is 6.33 Å². The molecule has 0 saturated carbocycles. The van der Waals surface area contributed by atoms with Crippen molar-refractivity contribution < 1.29 is 4.79 Å².